The summed E-state index contributed by atoms with van der Waals surface area (Å²) in [6.45, 7) is 0. The van der Waals surface area contributed by atoms with Crippen LogP contribution in [0.1, 0.15) is 15.9 Å². The highest BCUT2D eigenvalue weighted by Crippen LogP contribution is 2.23. The third-order valence-electron chi connectivity index (χ3n) is 3.43. The number of halogens is 3. The average molecular weight is 343 g/mol. The molecule has 0 spiro atoms. The first-order valence-electron chi connectivity index (χ1n) is 7.34. The topological polar surface area (TPSA) is 39.2 Å². The minimum atomic E-state index is -4.75. The van der Waals surface area contributed by atoms with E-state index in [9.17, 15) is 18.0 Å². The van der Waals surface area contributed by atoms with Gasteiger partial charge in [-0.05, 0) is 54.1 Å². The fourth-order valence-electron chi connectivity index (χ4n) is 2.29. The third kappa shape index (κ3) is 4.44. The number of nitrogens with zero attached hydrogens (tertiary/aromatic N) is 1. The lowest BCUT2D eigenvalue weighted by Gasteiger charge is -2.08. The molecule has 126 valence electrons. The zero-order chi connectivity index (χ0) is 17.9. The number of rotatable bonds is 4. The molecular formula is C19H12F3NO2. The maximum atomic E-state index is 12.1. The van der Waals surface area contributed by atoms with Crippen molar-refractivity contribution in [3.05, 3.63) is 78.0 Å². The van der Waals surface area contributed by atoms with Crippen molar-refractivity contribution < 1.29 is 22.7 Å². The van der Waals surface area contributed by atoms with E-state index in [0.717, 1.165) is 28.6 Å². The highest BCUT2D eigenvalue weighted by molar-refractivity contribution is 6.07. The molecule has 0 saturated heterocycles. The van der Waals surface area contributed by atoms with E-state index in [2.05, 4.69) is 9.72 Å². The number of pyridine rings is 1. The van der Waals surface area contributed by atoms with E-state index in [1.165, 1.54) is 18.2 Å². The van der Waals surface area contributed by atoms with Crippen molar-refractivity contribution in [1.29, 1.82) is 0 Å². The van der Waals surface area contributed by atoms with E-state index in [1.54, 1.807) is 12.3 Å². The van der Waals surface area contributed by atoms with Gasteiger partial charge >= 0.3 is 6.36 Å². The average Bonchev–Trinajstić information content (AvgIpc) is 2.59. The molecule has 1 heterocycles. The lowest BCUT2D eigenvalue weighted by atomic mass is 10.1. The van der Waals surface area contributed by atoms with Gasteiger partial charge in [-0.15, -0.1) is 13.2 Å². The van der Waals surface area contributed by atoms with Crippen LogP contribution in [0.3, 0.4) is 0 Å². The normalized spacial score (nSPS) is 11.8. The summed E-state index contributed by atoms with van der Waals surface area (Å²) in [6.07, 6.45) is -0.0318. The standard InChI is InChI=1S/C19H12F3NO2/c20-19(21,22)25-16-7-5-14(6-8-16)18(24)10-4-13-3-9-17-15(12-13)2-1-11-23-17/h1-12H/b10-4+. The number of allylic oxidation sites excluding steroid dienone is 1. The van der Waals surface area contributed by atoms with Gasteiger partial charge in [0.25, 0.3) is 0 Å². The van der Waals surface area contributed by atoms with E-state index < -0.39 is 6.36 Å². The molecule has 25 heavy (non-hydrogen) atoms. The monoisotopic (exact) mass is 343 g/mol. The molecule has 3 nitrogen and oxygen atoms in total. The number of fused-ring (bicyclic) bond motifs is 1. The highest BCUT2D eigenvalue weighted by atomic mass is 19.4. The van der Waals surface area contributed by atoms with Gasteiger partial charge in [-0.2, -0.15) is 0 Å². The van der Waals surface area contributed by atoms with Gasteiger partial charge < -0.3 is 4.74 Å². The van der Waals surface area contributed by atoms with E-state index in [0.29, 0.717) is 0 Å². The Hall–Kier alpha value is -3.15. The second-order valence-electron chi connectivity index (χ2n) is 5.23. The zero-order valence-corrected chi connectivity index (χ0v) is 12.8. The first-order valence-corrected chi connectivity index (χ1v) is 7.34. The van der Waals surface area contributed by atoms with Crippen molar-refractivity contribution >= 4 is 22.8 Å². The Morgan fingerprint density at radius 3 is 2.52 bits per heavy atom. The Kier molecular flexibility index (Phi) is 4.52. The number of aromatic nitrogens is 1. The van der Waals surface area contributed by atoms with Crippen molar-refractivity contribution in [3.63, 3.8) is 0 Å². The summed E-state index contributed by atoms with van der Waals surface area (Å²) < 4.78 is 40.1. The smallest absolute Gasteiger partial charge is 0.406 e. The summed E-state index contributed by atoms with van der Waals surface area (Å²) in [5.41, 5.74) is 1.95. The molecular weight excluding hydrogens is 331 g/mol. The summed E-state index contributed by atoms with van der Waals surface area (Å²) in [6, 6.07) is 14.1. The van der Waals surface area contributed by atoms with Gasteiger partial charge in [-0.1, -0.05) is 18.2 Å². The summed E-state index contributed by atoms with van der Waals surface area (Å²) >= 11 is 0. The number of hydrogen-bond donors (Lipinski definition) is 0. The minimum absolute atomic E-state index is 0.272. The molecule has 0 amide bonds. The van der Waals surface area contributed by atoms with E-state index in [4.69, 9.17) is 0 Å². The molecule has 0 unspecified atom stereocenters. The Bertz CT molecular complexity index is 931. The fourth-order valence-corrected chi connectivity index (χ4v) is 2.29. The minimum Gasteiger partial charge on any atom is -0.406 e. The molecule has 0 saturated carbocycles. The molecule has 0 atom stereocenters. The second kappa shape index (κ2) is 6.76. The number of carbonyl (C=O) groups is 1. The molecule has 0 aliphatic heterocycles. The molecule has 0 aliphatic carbocycles. The summed E-state index contributed by atoms with van der Waals surface area (Å²) in [7, 11) is 0. The van der Waals surface area contributed by atoms with Crippen LogP contribution >= 0.6 is 0 Å². The van der Waals surface area contributed by atoms with Crippen molar-refractivity contribution in [2.45, 2.75) is 6.36 Å². The summed E-state index contributed by atoms with van der Waals surface area (Å²) in [5, 5.41) is 0.950. The van der Waals surface area contributed by atoms with Gasteiger partial charge in [-0.25, -0.2) is 0 Å². The van der Waals surface area contributed by atoms with Crippen molar-refractivity contribution in [2.75, 3.05) is 0 Å². The lowest BCUT2D eigenvalue weighted by molar-refractivity contribution is -0.274. The predicted octanol–water partition coefficient (Wildman–Crippen LogP) is 5.03. The zero-order valence-electron chi connectivity index (χ0n) is 12.8. The predicted molar refractivity (Wildman–Crippen MR) is 88.2 cm³/mol. The Morgan fingerprint density at radius 2 is 1.80 bits per heavy atom. The molecule has 2 aromatic carbocycles. The SMILES string of the molecule is O=C(/C=C/c1ccc2ncccc2c1)c1ccc(OC(F)(F)F)cc1. The third-order valence-corrected chi connectivity index (χ3v) is 3.43. The fraction of sp³-hybridized carbons (Fsp3) is 0.0526. The van der Waals surface area contributed by atoms with E-state index in [-0.39, 0.29) is 17.1 Å². The maximum absolute atomic E-state index is 12.1. The van der Waals surface area contributed by atoms with Crippen molar-refractivity contribution in [1.82, 2.24) is 4.98 Å². The molecule has 0 fully saturated rings. The Labute approximate surface area is 141 Å². The summed E-state index contributed by atoms with van der Waals surface area (Å²) in [4.78, 5) is 16.3. The van der Waals surface area contributed by atoms with Crippen LogP contribution in [-0.4, -0.2) is 17.1 Å². The van der Waals surface area contributed by atoms with Crippen molar-refractivity contribution in [2.24, 2.45) is 0 Å². The van der Waals surface area contributed by atoms with Gasteiger partial charge in [0.1, 0.15) is 5.75 Å². The van der Waals surface area contributed by atoms with Crippen molar-refractivity contribution in [3.8, 4) is 5.75 Å². The number of alkyl halides is 3. The molecule has 0 aliphatic rings. The van der Waals surface area contributed by atoms with Crippen LogP contribution in [0.25, 0.3) is 17.0 Å². The number of carbonyl (C=O) groups excluding carboxylic acids is 1. The van der Waals surface area contributed by atoms with Crippen LogP contribution < -0.4 is 4.74 Å². The lowest BCUT2D eigenvalue weighted by Crippen LogP contribution is -2.17. The number of ketones is 1. The molecule has 3 aromatic rings. The molecule has 6 heteroatoms. The molecule has 0 N–H and O–H groups in total. The van der Waals surface area contributed by atoms with Gasteiger partial charge in [0, 0.05) is 17.1 Å². The van der Waals surface area contributed by atoms with Gasteiger partial charge in [-0.3, -0.25) is 9.78 Å². The molecule has 3 rings (SSSR count). The van der Waals surface area contributed by atoms with Crippen LogP contribution in [0.5, 0.6) is 5.75 Å². The summed E-state index contributed by atoms with van der Waals surface area (Å²) in [5.74, 6) is -0.681. The van der Waals surface area contributed by atoms with Crippen LogP contribution in [-0.2, 0) is 0 Å². The van der Waals surface area contributed by atoms with Gasteiger partial charge in [0.2, 0.25) is 0 Å². The van der Waals surface area contributed by atoms with Crippen LogP contribution in [0, 0.1) is 0 Å². The highest BCUT2D eigenvalue weighted by Gasteiger charge is 2.30. The first kappa shape index (κ1) is 16.7. The van der Waals surface area contributed by atoms with Crippen LogP contribution in [0.4, 0.5) is 13.2 Å². The van der Waals surface area contributed by atoms with Crippen LogP contribution in [0.2, 0.25) is 0 Å². The van der Waals surface area contributed by atoms with E-state index >= 15 is 0 Å². The second-order valence-corrected chi connectivity index (χ2v) is 5.23. The maximum Gasteiger partial charge on any atom is 0.573 e. The number of ether oxygens (including phenoxy) is 1. The van der Waals surface area contributed by atoms with Crippen LogP contribution in [0.15, 0.2) is 66.9 Å². The van der Waals surface area contributed by atoms with Gasteiger partial charge in [0.15, 0.2) is 5.78 Å². The molecule has 0 radical (unpaired) electrons. The Morgan fingerprint density at radius 1 is 1.04 bits per heavy atom. The quantitative estimate of drug-likeness (QED) is 0.493. The number of hydrogen-bond acceptors (Lipinski definition) is 3. The largest absolute Gasteiger partial charge is 0.573 e. The van der Waals surface area contributed by atoms with Gasteiger partial charge in [0.05, 0.1) is 5.52 Å². The first-order chi connectivity index (χ1) is 11.9. The number of benzene rings is 2. The Balaban J connectivity index is 1.73. The molecule has 0 bridgehead atoms. The van der Waals surface area contributed by atoms with E-state index in [1.807, 2.05) is 30.3 Å². The molecule has 1 aromatic heterocycles.